The molecule has 2 unspecified atom stereocenters. The van der Waals surface area contributed by atoms with E-state index in [1.807, 2.05) is 4.90 Å². The Morgan fingerprint density at radius 2 is 1.94 bits per heavy atom. The number of benzene rings is 1. The summed E-state index contributed by atoms with van der Waals surface area (Å²) < 4.78 is 36.1. The Bertz CT molecular complexity index is 1100. The van der Waals surface area contributed by atoms with Gasteiger partial charge in [0.1, 0.15) is 23.9 Å². The molecule has 1 aliphatic rings. The molecule has 7 nitrogen and oxygen atoms in total. The van der Waals surface area contributed by atoms with Gasteiger partial charge in [0.05, 0.1) is 11.1 Å². The lowest BCUT2D eigenvalue weighted by atomic mass is 9.79. The number of aromatic nitrogens is 1. The van der Waals surface area contributed by atoms with E-state index in [1.54, 1.807) is 0 Å². The summed E-state index contributed by atoms with van der Waals surface area (Å²) in [7, 11) is -1.01. The van der Waals surface area contributed by atoms with Crippen molar-refractivity contribution in [2.45, 2.75) is 52.1 Å². The van der Waals surface area contributed by atoms with Crippen molar-refractivity contribution in [2.24, 2.45) is 11.3 Å². The lowest BCUT2D eigenvalue weighted by Crippen LogP contribution is -2.42. The first-order valence-corrected chi connectivity index (χ1v) is 13.9. The van der Waals surface area contributed by atoms with Crippen LogP contribution in [0.2, 0.25) is 13.1 Å². The molecule has 1 amide bonds. The number of nitriles is 1. The number of rotatable bonds is 7. The fourth-order valence-electron chi connectivity index (χ4n) is 4.08. The number of hydrogen-bond acceptors (Lipinski definition) is 6. The van der Waals surface area contributed by atoms with E-state index < -0.39 is 20.5 Å². The first-order chi connectivity index (χ1) is 16.3. The van der Waals surface area contributed by atoms with E-state index in [2.05, 4.69) is 55.0 Å². The van der Waals surface area contributed by atoms with E-state index in [4.69, 9.17) is 16.0 Å². The Morgan fingerprint density at radius 1 is 1.29 bits per heavy atom. The number of ether oxygens (including phenoxy) is 1. The van der Waals surface area contributed by atoms with Crippen LogP contribution < -0.4 is 15.0 Å². The van der Waals surface area contributed by atoms with Crippen molar-refractivity contribution in [1.82, 2.24) is 4.98 Å². The van der Waals surface area contributed by atoms with Gasteiger partial charge in [-0.1, -0.05) is 20.8 Å². The summed E-state index contributed by atoms with van der Waals surface area (Å²) in [4.78, 5) is 19.3. The van der Waals surface area contributed by atoms with E-state index in [-0.39, 0.29) is 34.4 Å². The first kappa shape index (κ1) is 26.9. The van der Waals surface area contributed by atoms with Gasteiger partial charge in [0.15, 0.2) is 0 Å². The summed E-state index contributed by atoms with van der Waals surface area (Å²) in [5, 5.41) is 12.5. The Morgan fingerprint density at radius 3 is 2.49 bits per heavy atom. The Hall–Kier alpha value is -2.74. The number of pyridine rings is 1. The zero-order chi connectivity index (χ0) is 26.0. The predicted octanol–water partition coefficient (Wildman–Crippen LogP) is 5.84. The Labute approximate surface area is 210 Å². The van der Waals surface area contributed by atoms with Gasteiger partial charge in [-0.3, -0.25) is 4.79 Å². The molecular weight excluding hydrogens is 494 g/mol. The highest BCUT2D eigenvalue weighted by molar-refractivity contribution is 6.48. The summed E-state index contributed by atoms with van der Waals surface area (Å²) in [6.07, 6.45) is 2.13. The van der Waals surface area contributed by atoms with Crippen molar-refractivity contribution >= 4 is 38.1 Å². The molecule has 2 heterocycles. The quantitative estimate of drug-likeness (QED) is 0.364. The van der Waals surface area contributed by atoms with Crippen LogP contribution in [0.1, 0.15) is 43.1 Å². The summed E-state index contributed by atoms with van der Waals surface area (Å²) in [5.74, 6) is 0.114. The number of nitrogens with one attached hydrogen (secondary N) is 1. The molecule has 35 heavy (non-hydrogen) atoms. The highest BCUT2D eigenvalue weighted by Crippen LogP contribution is 2.41. The van der Waals surface area contributed by atoms with E-state index in [0.717, 1.165) is 6.42 Å². The van der Waals surface area contributed by atoms with Gasteiger partial charge in [-0.15, -0.1) is 8.78 Å². The third kappa shape index (κ3) is 6.90. The number of nitrogens with zero attached hydrogens (tertiary/aromatic N) is 3. The Balaban J connectivity index is 1.80. The molecule has 0 saturated carbocycles. The van der Waals surface area contributed by atoms with Crippen LogP contribution in [-0.4, -0.2) is 38.3 Å². The maximum absolute atomic E-state index is 12.8. The van der Waals surface area contributed by atoms with Crippen molar-refractivity contribution in [3.05, 3.63) is 47.7 Å². The number of carbonyl (C=O) groups is 1. The van der Waals surface area contributed by atoms with Gasteiger partial charge in [-0.2, -0.15) is 5.26 Å². The minimum absolute atomic E-state index is 0.0175. The molecule has 11 heteroatoms. The third-order valence-corrected chi connectivity index (χ3v) is 6.46. The highest BCUT2D eigenvalue weighted by atomic mass is 35.5. The second kappa shape index (κ2) is 10.5. The zero-order valence-electron chi connectivity index (χ0n) is 20.2. The van der Waals surface area contributed by atoms with E-state index in [1.165, 1.54) is 36.5 Å². The molecule has 2 aromatic rings. The molecule has 0 aliphatic carbocycles. The van der Waals surface area contributed by atoms with Crippen LogP contribution in [0.4, 0.5) is 20.3 Å². The van der Waals surface area contributed by atoms with Gasteiger partial charge in [0.25, 0.3) is 5.91 Å². The van der Waals surface area contributed by atoms with Crippen LogP contribution in [0.5, 0.6) is 5.75 Å². The summed E-state index contributed by atoms with van der Waals surface area (Å²) in [6, 6.07) is 8.96. The second-order valence-corrected chi connectivity index (χ2v) is 12.1. The van der Waals surface area contributed by atoms with Gasteiger partial charge < -0.3 is 19.4 Å². The van der Waals surface area contributed by atoms with E-state index in [0.29, 0.717) is 18.1 Å². The van der Waals surface area contributed by atoms with Crippen LogP contribution in [0.25, 0.3) is 0 Å². The predicted molar refractivity (Wildman–Crippen MR) is 132 cm³/mol. The molecule has 1 radical (unpaired) electrons. The van der Waals surface area contributed by atoms with Gasteiger partial charge in [0, 0.05) is 35.9 Å². The lowest BCUT2D eigenvalue weighted by molar-refractivity contribution is -0.0964. The molecule has 0 bridgehead atoms. The summed E-state index contributed by atoms with van der Waals surface area (Å²) in [6.45, 7) is 11.4. The van der Waals surface area contributed by atoms with Crippen molar-refractivity contribution in [2.75, 3.05) is 16.8 Å². The molecule has 1 aliphatic heterocycles. The van der Waals surface area contributed by atoms with Crippen LogP contribution in [0.3, 0.4) is 0 Å². The SMILES string of the molecule is C[Si](C)OC1C(C(C)(C)C)CCN1c1ncc(C(=O)Nc2ccc(OC(F)(F)Cl)cc2)cc1C#N. The summed E-state index contributed by atoms with van der Waals surface area (Å²) in [5.41, 5.74) is -2.99. The van der Waals surface area contributed by atoms with Gasteiger partial charge in [0.2, 0.25) is 9.04 Å². The van der Waals surface area contributed by atoms with Gasteiger partial charge in [-0.05, 0) is 55.3 Å². The normalized spacial score (nSPS) is 18.5. The highest BCUT2D eigenvalue weighted by Gasteiger charge is 2.43. The fraction of sp³-hybridized carbons (Fsp3) is 0.458. The third-order valence-electron chi connectivity index (χ3n) is 5.67. The van der Waals surface area contributed by atoms with Crippen molar-refractivity contribution in [1.29, 1.82) is 5.26 Å². The number of halogens is 3. The monoisotopic (exact) mass is 521 g/mol. The molecule has 1 aromatic heterocycles. The topological polar surface area (TPSA) is 87.5 Å². The average molecular weight is 522 g/mol. The number of alkyl halides is 3. The first-order valence-electron chi connectivity index (χ1n) is 11.1. The number of hydrogen-bond donors (Lipinski definition) is 1. The number of carbonyl (C=O) groups excluding carboxylic acids is 1. The largest absolute Gasteiger partial charge is 0.487 e. The average Bonchev–Trinajstić information content (AvgIpc) is 3.16. The van der Waals surface area contributed by atoms with Gasteiger partial charge in [-0.25, -0.2) is 4.98 Å². The molecule has 1 fully saturated rings. The maximum atomic E-state index is 12.8. The van der Waals surface area contributed by atoms with Crippen molar-refractivity contribution in [3.8, 4) is 11.8 Å². The smallest absolute Gasteiger partial charge is 0.420 e. The second-order valence-electron chi connectivity index (χ2n) is 9.60. The molecule has 187 valence electrons. The van der Waals surface area contributed by atoms with Crippen molar-refractivity contribution < 1.29 is 22.7 Å². The Kier molecular flexibility index (Phi) is 8.04. The van der Waals surface area contributed by atoms with Crippen LogP contribution in [0.15, 0.2) is 36.5 Å². The molecule has 3 rings (SSSR count). The molecule has 1 N–H and O–H groups in total. The molecule has 0 spiro atoms. The molecule has 1 aromatic carbocycles. The molecule has 1 saturated heterocycles. The van der Waals surface area contributed by atoms with E-state index >= 15 is 0 Å². The van der Waals surface area contributed by atoms with E-state index in [9.17, 15) is 18.8 Å². The number of amides is 1. The lowest BCUT2D eigenvalue weighted by Gasteiger charge is -2.36. The molecule has 2 atom stereocenters. The summed E-state index contributed by atoms with van der Waals surface area (Å²) >= 11 is 4.76. The molecular formula is C24H28ClF2N4O3Si. The number of anilines is 2. The standard InChI is InChI=1S/C24H28ClF2N4O3Si/c1-23(2,3)19-10-11-31(22(19)34-35(4)5)20-15(13-28)12-16(14-29-20)21(32)30-17-6-8-18(9-7-17)33-24(25,26)27/h6-9,12,14,19,22H,10-11H2,1-5H3,(H,30,32). The van der Waals surface area contributed by atoms with Crippen LogP contribution in [0, 0.1) is 22.7 Å². The van der Waals surface area contributed by atoms with Crippen molar-refractivity contribution in [3.63, 3.8) is 0 Å². The van der Waals surface area contributed by atoms with Gasteiger partial charge >= 0.3 is 5.57 Å². The zero-order valence-corrected chi connectivity index (χ0v) is 22.0. The van der Waals surface area contributed by atoms with Crippen LogP contribution in [-0.2, 0) is 4.43 Å². The fourth-order valence-corrected chi connectivity index (χ4v) is 4.94. The van der Waals surface area contributed by atoms with Crippen LogP contribution >= 0.6 is 11.6 Å². The minimum Gasteiger partial charge on any atom is -0.420 e. The maximum Gasteiger partial charge on any atom is 0.487 e. The minimum atomic E-state index is -3.82.